The smallest absolute Gasteiger partial charge is 0.317 e. The average Bonchev–Trinajstić information content (AvgIpc) is 2.54. The average molecular weight is 327 g/mol. The molecule has 1 aliphatic heterocycles. The first-order valence-corrected chi connectivity index (χ1v) is 7.73. The third-order valence-corrected chi connectivity index (χ3v) is 4.14. The summed E-state index contributed by atoms with van der Waals surface area (Å²) in [5, 5.41) is 2.79. The minimum Gasteiger partial charge on any atom is -0.383 e. The number of carbonyl (C=O) groups excluding carboxylic acids is 1. The number of amides is 2. The summed E-state index contributed by atoms with van der Waals surface area (Å²) in [4.78, 5) is 15.8. The molecular weight excluding hydrogens is 304 g/mol. The van der Waals surface area contributed by atoms with Crippen LogP contribution in [-0.4, -0.2) is 62.3 Å². The van der Waals surface area contributed by atoms with Crippen molar-refractivity contribution in [2.45, 2.75) is 13.0 Å². The van der Waals surface area contributed by atoms with Crippen molar-refractivity contribution in [3.8, 4) is 0 Å². The fourth-order valence-corrected chi connectivity index (χ4v) is 2.72. The van der Waals surface area contributed by atoms with Gasteiger partial charge in [0, 0.05) is 57.5 Å². The molecule has 0 bridgehead atoms. The lowest BCUT2D eigenvalue weighted by atomic mass is 10.1. The summed E-state index contributed by atoms with van der Waals surface area (Å²) in [6.07, 6.45) is 0. The van der Waals surface area contributed by atoms with Crippen LogP contribution in [0.15, 0.2) is 18.2 Å². The van der Waals surface area contributed by atoms with Gasteiger partial charge in [0.2, 0.25) is 0 Å². The molecule has 1 atom stereocenters. The molecule has 23 heavy (non-hydrogen) atoms. The Morgan fingerprint density at radius 3 is 2.61 bits per heavy atom. The Balaban J connectivity index is 1.87. The number of carbonyl (C=O) groups is 1. The van der Waals surface area contributed by atoms with Gasteiger partial charge in [0.15, 0.2) is 0 Å². The zero-order valence-electron chi connectivity index (χ0n) is 13.5. The Hall–Kier alpha value is -1.73. The number of rotatable bonds is 5. The maximum atomic E-state index is 13.9. The Kier molecular flexibility index (Phi) is 6.29. The highest BCUT2D eigenvalue weighted by Crippen LogP contribution is 2.24. The molecule has 128 valence electrons. The lowest BCUT2D eigenvalue weighted by Gasteiger charge is -2.38. The number of nitrogens with zero attached hydrogens (tertiary/aromatic N) is 2. The van der Waals surface area contributed by atoms with Crippen molar-refractivity contribution in [3.05, 3.63) is 35.4 Å². The Labute approximate surface area is 135 Å². The summed E-state index contributed by atoms with van der Waals surface area (Å²) in [6.45, 7) is 5.30. The van der Waals surface area contributed by atoms with Crippen molar-refractivity contribution in [2.24, 2.45) is 0 Å². The van der Waals surface area contributed by atoms with Crippen LogP contribution in [0.2, 0.25) is 0 Å². The summed E-state index contributed by atoms with van der Waals surface area (Å²) in [5.74, 6) is -1.10. The van der Waals surface area contributed by atoms with Gasteiger partial charge in [0.25, 0.3) is 0 Å². The first kappa shape index (κ1) is 17.6. The molecular formula is C16H23F2N3O2. The summed E-state index contributed by atoms with van der Waals surface area (Å²) < 4.78 is 31.8. The van der Waals surface area contributed by atoms with E-state index in [0.717, 1.165) is 6.07 Å². The van der Waals surface area contributed by atoms with E-state index in [4.69, 9.17) is 4.74 Å². The fourth-order valence-electron chi connectivity index (χ4n) is 2.72. The minimum atomic E-state index is -0.573. The number of hydrogen-bond acceptors (Lipinski definition) is 3. The second-order valence-corrected chi connectivity index (χ2v) is 5.59. The van der Waals surface area contributed by atoms with Crippen molar-refractivity contribution in [1.82, 2.24) is 15.1 Å². The summed E-state index contributed by atoms with van der Waals surface area (Å²) in [5.41, 5.74) is 0.476. The van der Waals surface area contributed by atoms with Crippen LogP contribution in [0, 0.1) is 11.6 Å². The van der Waals surface area contributed by atoms with Gasteiger partial charge in [-0.1, -0.05) is 6.07 Å². The van der Waals surface area contributed by atoms with Crippen molar-refractivity contribution in [1.29, 1.82) is 0 Å². The zero-order chi connectivity index (χ0) is 16.8. The highest BCUT2D eigenvalue weighted by molar-refractivity contribution is 5.74. The highest BCUT2D eigenvalue weighted by atomic mass is 19.1. The molecule has 1 N–H and O–H groups in total. The zero-order valence-corrected chi connectivity index (χ0v) is 13.5. The van der Waals surface area contributed by atoms with Gasteiger partial charge in [0.1, 0.15) is 11.6 Å². The molecule has 0 spiro atoms. The van der Waals surface area contributed by atoms with Crippen LogP contribution in [-0.2, 0) is 4.74 Å². The fraction of sp³-hybridized carbons (Fsp3) is 0.562. The Morgan fingerprint density at radius 2 is 2.00 bits per heavy atom. The van der Waals surface area contributed by atoms with Crippen molar-refractivity contribution in [2.75, 3.05) is 46.4 Å². The van der Waals surface area contributed by atoms with E-state index in [0.29, 0.717) is 44.9 Å². The van der Waals surface area contributed by atoms with Gasteiger partial charge in [-0.2, -0.15) is 0 Å². The summed E-state index contributed by atoms with van der Waals surface area (Å²) >= 11 is 0. The summed E-state index contributed by atoms with van der Waals surface area (Å²) in [6, 6.07) is 3.40. The molecule has 1 saturated heterocycles. The van der Waals surface area contributed by atoms with Crippen LogP contribution < -0.4 is 5.32 Å². The molecule has 1 aromatic carbocycles. The molecule has 1 unspecified atom stereocenters. The molecule has 1 aliphatic rings. The van der Waals surface area contributed by atoms with E-state index >= 15 is 0 Å². The Morgan fingerprint density at radius 1 is 1.30 bits per heavy atom. The molecule has 0 radical (unpaired) electrons. The number of methoxy groups -OCH3 is 1. The second-order valence-electron chi connectivity index (χ2n) is 5.59. The third-order valence-electron chi connectivity index (χ3n) is 4.14. The molecule has 2 rings (SSSR count). The number of urea groups is 1. The van der Waals surface area contributed by atoms with E-state index in [-0.39, 0.29) is 12.1 Å². The van der Waals surface area contributed by atoms with Gasteiger partial charge in [-0.25, -0.2) is 13.6 Å². The van der Waals surface area contributed by atoms with Gasteiger partial charge in [-0.05, 0) is 13.0 Å². The van der Waals surface area contributed by atoms with E-state index in [1.165, 1.54) is 12.1 Å². The number of halogens is 2. The molecule has 0 aromatic heterocycles. The van der Waals surface area contributed by atoms with E-state index in [1.807, 2.05) is 6.92 Å². The van der Waals surface area contributed by atoms with Crippen LogP contribution in [0.5, 0.6) is 0 Å². The second kappa shape index (κ2) is 8.21. The van der Waals surface area contributed by atoms with Gasteiger partial charge >= 0.3 is 6.03 Å². The van der Waals surface area contributed by atoms with Gasteiger partial charge < -0.3 is 15.0 Å². The quantitative estimate of drug-likeness (QED) is 0.842. The van der Waals surface area contributed by atoms with Gasteiger partial charge in [-0.15, -0.1) is 0 Å². The van der Waals surface area contributed by atoms with Crippen molar-refractivity contribution in [3.63, 3.8) is 0 Å². The minimum absolute atomic E-state index is 0.109. The first-order valence-electron chi connectivity index (χ1n) is 7.73. The molecule has 1 heterocycles. The lowest BCUT2D eigenvalue weighted by Crippen LogP contribution is -2.52. The monoisotopic (exact) mass is 327 g/mol. The molecule has 2 amide bonds. The standard InChI is InChI=1S/C16H23F2N3O2/c1-12(14-4-3-13(17)11-15(14)18)20-6-8-21(9-7-20)16(22)19-5-10-23-2/h3-4,11-12H,5-10H2,1-2H3,(H,19,22). The van der Waals surface area contributed by atoms with E-state index in [1.54, 1.807) is 12.0 Å². The number of benzene rings is 1. The lowest BCUT2D eigenvalue weighted by molar-refractivity contribution is 0.111. The molecule has 0 aliphatic carbocycles. The number of piperazine rings is 1. The SMILES string of the molecule is COCCNC(=O)N1CCN(C(C)c2ccc(F)cc2F)CC1. The number of hydrogen-bond donors (Lipinski definition) is 1. The number of nitrogens with one attached hydrogen (secondary N) is 1. The maximum Gasteiger partial charge on any atom is 0.317 e. The molecule has 1 aromatic rings. The van der Waals surface area contributed by atoms with Gasteiger partial charge in [-0.3, -0.25) is 4.90 Å². The predicted octanol–water partition coefficient (Wildman–Crippen LogP) is 2.00. The van der Waals surface area contributed by atoms with E-state index in [9.17, 15) is 13.6 Å². The topological polar surface area (TPSA) is 44.8 Å². The first-order chi connectivity index (χ1) is 11.0. The number of ether oxygens (including phenoxy) is 1. The van der Waals surface area contributed by atoms with E-state index < -0.39 is 11.6 Å². The third kappa shape index (κ3) is 4.62. The van der Waals surface area contributed by atoms with Gasteiger partial charge in [0.05, 0.1) is 6.61 Å². The molecule has 1 fully saturated rings. The molecule has 7 heteroatoms. The molecule has 0 saturated carbocycles. The largest absolute Gasteiger partial charge is 0.383 e. The Bertz CT molecular complexity index is 534. The van der Waals surface area contributed by atoms with Crippen LogP contribution in [0.3, 0.4) is 0 Å². The van der Waals surface area contributed by atoms with E-state index in [2.05, 4.69) is 10.2 Å². The predicted molar refractivity (Wildman–Crippen MR) is 83.2 cm³/mol. The molecule has 5 nitrogen and oxygen atoms in total. The normalized spacial score (nSPS) is 17.1. The summed E-state index contributed by atoms with van der Waals surface area (Å²) in [7, 11) is 1.58. The highest BCUT2D eigenvalue weighted by Gasteiger charge is 2.25. The van der Waals surface area contributed by atoms with Crippen LogP contribution in [0.4, 0.5) is 13.6 Å². The maximum absolute atomic E-state index is 13.9. The van der Waals surface area contributed by atoms with Crippen LogP contribution >= 0.6 is 0 Å². The van der Waals surface area contributed by atoms with Crippen LogP contribution in [0.25, 0.3) is 0 Å². The van der Waals surface area contributed by atoms with Crippen LogP contribution in [0.1, 0.15) is 18.5 Å². The van der Waals surface area contributed by atoms with Crippen molar-refractivity contribution < 1.29 is 18.3 Å². The van der Waals surface area contributed by atoms with Crippen molar-refractivity contribution >= 4 is 6.03 Å².